The van der Waals surface area contributed by atoms with Gasteiger partial charge in [-0.15, -0.1) is 0 Å². The summed E-state index contributed by atoms with van der Waals surface area (Å²) in [6.07, 6.45) is 2.07. The highest BCUT2D eigenvalue weighted by molar-refractivity contribution is 5.94. The molecule has 0 spiro atoms. The van der Waals surface area contributed by atoms with E-state index in [0.29, 0.717) is 12.0 Å². The predicted molar refractivity (Wildman–Crippen MR) is 75.7 cm³/mol. The zero-order valence-electron chi connectivity index (χ0n) is 11.8. The summed E-state index contributed by atoms with van der Waals surface area (Å²) in [6, 6.07) is 6.13. The normalized spacial score (nSPS) is 13.5. The van der Waals surface area contributed by atoms with Crippen LogP contribution in [-0.4, -0.2) is 28.1 Å². The van der Waals surface area contributed by atoms with Crippen LogP contribution in [0.15, 0.2) is 24.3 Å². The van der Waals surface area contributed by atoms with Gasteiger partial charge in [-0.3, -0.25) is 9.59 Å². The second-order valence-electron chi connectivity index (χ2n) is 5.10. The van der Waals surface area contributed by atoms with Gasteiger partial charge >= 0.3 is 5.97 Å². The van der Waals surface area contributed by atoms with E-state index in [1.165, 1.54) is 12.1 Å². The molecule has 0 bridgehead atoms. The molecule has 0 aliphatic heterocycles. The Balaban J connectivity index is 2.37. The van der Waals surface area contributed by atoms with Gasteiger partial charge in [-0.2, -0.15) is 0 Å². The van der Waals surface area contributed by atoms with Crippen molar-refractivity contribution in [1.29, 1.82) is 0 Å². The Bertz CT molecular complexity index is 473. The summed E-state index contributed by atoms with van der Waals surface area (Å²) in [6.45, 7) is 3.56. The molecule has 5 heteroatoms. The van der Waals surface area contributed by atoms with Gasteiger partial charge in [0, 0.05) is 11.6 Å². The molecule has 0 heterocycles. The summed E-state index contributed by atoms with van der Waals surface area (Å²) >= 11 is 0. The number of phenolic OH excluding ortho intramolecular Hbond substituents is 1. The third-order valence-electron chi connectivity index (χ3n) is 3.18. The van der Waals surface area contributed by atoms with Gasteiger partial charge in [-0.1, -0.05) is 19.4 Å². The first-order valence-electron chi connectivity index (χ1n) is 6.73. The zero-order chi connectivity index (χ0) is 15.1. The number of amides is 1. The van der Waals surface area contributed by atoms with Crippen molar-refractivity contribution in [2.75, 3.05) is 0 Å². The van der Waals surface area contributed by atoms with E-state index < -0.39 is 5.97 Å². The highest BCUT2D eigenvalue weighted by Crippen LogP contribution is 2.12. The van der Waals surface area contributed by atoms with Crippen LogP contribution in [0.5, 0.6) is 5.75 Å². The van der Waals surface area contributed by atoms with Gasteiger partial charge in [-0.25, -0.2) is 0 Å². The largest absolute Gasteiger partial charge is 0.508 e. The maximum Gasteiger partial charge on any atom is 0.306 e. The number of nitrogens with one attached hydrogen (secondary N) is 1. The minimum atomic E-state index is -0.790. The molecule has 1 amide bonds. The average molecular weight is 279 g/mol. The van der Waals surface area contributed by atoms with Crippen LogP contribution in [0.4, 0.5) is 0 Å². The van der Waals surface area contributed by atoms with Crippen molar-refractivity contribution in [3.8, 4) is 5.75 Å². The minimum absolute atomic E-state index is 0.0363. The Morgan fingerprint density at radius 2 is 1.95 bits per heavy atom. The van der Waals surface area contributed by atoms with Gasteiger partial charge in [-0.05, 0) is 38.0 Å². The van der Waals surface area contributed by atoms with Crippen LogP contribution < -0.4 is 5.32 Å². The number of benzene rings is 1. The summed E-state index contributed by atoms with van der Waals surface area (Å²) in [7, 11) is 0. The van der Waals surface area contributed by atoms with Crippen LogP contribution >= 0.6 is 0 Å². The van der Waals surface area contributed by atoms with Crippen LogP contribution in [0.3, 0.4) is 0 Å². The molecule has 0 aliphatic carbocycles. The summed E-state index contributed by atoms with van der Waals surface area (Å²) in [5, 5.41) is 20.9. The number of hydrogen-bond acceptors (Lipinski definition) is 3. The van der Waals surface area contributed by atoms with Gasteiger partial charge in [0.2, 0.25) is 0 Å². The van der Waals surface area contributed by atoms with Crippen molar-refractivity contribution in [2.45, 2.75) is 39.2 Å². The summed E-state index contributed by atoms with van der Waals surface area (Å²) in [4.78, 5) is 22.6. The standard InChI is InChI=1S/C15H21NO4/c1-10(15(19)20)5-3-6-11(2)16-14(18)12-7-4-8-13(17)9-12/h4,7-11,17H,3,5-6H2,1-2H3,(H,16,18)(H,19,20). The van der Waals surface area contributed by atoms with Gasteiger partial charge in [0.05, 0.1) is 5.92 Å². The highest BCUT2D eigenvalue weighted by Gasteiger charge is 2.13. The zero-order valence-corrected chi connectivity index (χ0v) is 11.8. The molecule has 0 fully saturated rings. The van der Waals surface area contributed by atoms with Crippen molar-refractivity contribution in [3.05, 3.63) is 29.8 Å². The fraction of sp³-hybridized carbons (Fsp3) is 0.467. The number of carboxylic acids is 1. The fourth-order valence-electron chi connectivity index (χ4n) is 1.88. The minimum Gasteiger partial charge on any atom is -0.508 e. The Morgan fingerprint density at radius 3 is 2.55 bits per heavy atom. The lowest BCUT2D eigenvalue weighted by Crippen LogP contribution is -2.32. The lowest BCUT2D eigenvalue weighted by molar-refractivity contribution is -0.141. The van der Waals surface area contributed by atoms with E-state index in [1.54, 1.807) is 19.1 Å². The highest BCUT2D eigenvalue weighted by atomic mass is 16.4. The summed E-state index contributed by atoms with van der Waals surface area (Å²) in [5.41, 5.74) is 0.413. The number of rotatable bonds is 7. The maximum absolute atomic E-state index is 11.9. The van der Waals surface area contributed by atoms with Crippen LogP contribution in [0.25, 0.3) is 0 Å². The quantitative estimate of drug-likeness (QED) is 0.715. The van der Waals surface area contributed by atoms with Crippen LogP contribution in [-0.2, 0) is 4.79 Å². The van der Waals surface area contributed by atoms with Crippen molar-refractivity contribution < 1.29 is 19.8 Å². The smallest absolute Gasteiger partial charge is 0.306 e. The molecule has 0 aromatic heterocycles. The molecule has 0 radical (unpaired) electrons. The number of aliphatic carboxylic acids is 1. The molecule has 0 aliphatic rings. The lowest BCUT2D eigenvalue weighted by Gasteiger charge is -2.14. The molecule has 20 heavy (non-hydrogen) atoms. The summed E-state index contributed by atoms with van der Waals surface area (Å²) < 4.78 is 0. The second-order valence-corrected chi connectivity index (χ2v) is 5.10. The van der Waals surface area contributed by atoms with E-state index in [1.807, 2.05) is 6.92 Å². The molecule has 3 N–H and O–H groups in total. The number of carboxylic acid groups (broad SMARTS) is 1. The first-order valence-corrected chi connectivity index (χ1v) is 6.73. The molecular formula is C15H21NO4. The van der Waals surface area contributed by atoms with Crippen molar-refractivity contribution >= 4 is 11.9 Å². The third kappa shape index (κ3) is 5.30. The maximum atomic E-state index is 11.9. The SMILES string of the molecule is CC(CCCC(C)C(=O)O)NC(=O)c1cccc(O)c1. The van der Waals surface area contributed by atoms with Gasteiger partial charge in [0.15, 0.2) is 0 Å². The Labute approximate surface area is 118 Å². The molecule has 0 saturated heterocycles. The first kappa shape index (κ1) is 16.0. The lowest BCUT2D eigenvalue weighted by atomic mass is 10.0. The molecule has 2 atom stereocenters. The monoisotopic (exact) mass is 279 g/mol. The van der Waals surface area contributed by atoms with E-state index in [4.69, 9.17) is 5.11 Å². The molecule has 1 aromatic rings. The molecule has 0 saturated carbocycles. The molecule has 5 nitrogen and oxygen atoms in total. The van der Waals surface area contributed by atoms with E-state index in [-0.39, 0.29) is 23.6 Å². The van der Waals surface area contributed by atoms with Crippen LogP contribution in [0, 0.1) is 5.92 Å². The van der Waals surface area contributed by atoms with Crippen molar-refractivity contribution in [1.82, 2.24) is 5.32 Å². The van der Waals surface area contributed by atoms with Gasteiger partial charge in [0.1, 0.15) is 5.75 Å². The van der Waals surface area contributed by atoms with E-state index in [0.717, 1.165) is 12.8 Å². The third-order valence-corrected chi connectivity index (χ3v) is 3.18. The molecule has 110 valence electrons. The van der Waals surface area contributed by atoms with Gasteiger partial charge in [0.25, 0.3) is 5.91 Å². The van der Waals surface area contributed by atoms with Crippen molar-refractivity contribution in [2.24, 2.45) is 5.92 Å². The Kier molecular flexibility index (Phi) is 6.03. The fourth-order valence-corrected chi connectivity index (χ4v) is 1.88. The number of hydrogen-bond donors (Lipinski definition) is 3. The van der Waals surface area contributed by atoms with Crippen LogP contribution in [0.1, 0.15) is 43.5 Å². The Hall–Kier alpha value is -2.04. The van der Waals surface area contributed by atoms with Crippen molar-refractivity contribution in [3.63, 3.8) is 0 Å². The number of carbonyl (C=O) groups is 2. The number of phenols is 1. The molecular weight excluding hydrogens is 258 g/mol. The number of carbonyl (C=O) groups excluding carboxylic acids is 1. The molecule has 1 rings (SSSR count). The predicted octanol–water partition coefficient (Wildman–Crippen LogP) is 2.40. The van der Waals surface area contributed by atoms with Crippen LogP contribution in [0.2, 0.25) is 0 Å². The average Bonchev–Trinajstić information content (AvgIpc) is 2.38. The Morgan fingerprint density at radius 1 is 1.25 bits per heavy atom. The first-order chi connectivity index (χ1) is 9.40. The van der Waals surface area contributed by atoms with E-state index >= 15 is 0 Å². The summed E-state index contributed by atoms with van der Waals surface area (Å²) in [5.74, 6) is -1.33. The van der Waals surface area contributed by atoms with Gasteiger partial charge < -0.3 is 15.5 Å². The molecule has 1 aromatic carbocycles. The topological polar surface area (TPSA) is 86.6 Å². The second kappa shape index (κ2) is 7.53. The molecule has 2 unspecified atom stereocenters. The van der Waals surface area contributed by atoms with E-state index in [9.17, 15) is 14.7 Å². The number of aromatic hydroxyl groups is 1. The van der Waals surface area contributed by atoms with E-state index in [2.05, 4.69) is 5.32 Å².